The fourth-order valence-electron chi connectivity index (χ4n) is 2.45. The van der Waals surface area contributed by atoms with Gasteiger partial charge in [0, 0.05) is 13.7 Å². The van der Waals surface area contributed by atoms with Crippen LogP contribution in [0.25, 0.3) is 0 Å². The molecule has 0 aromatic rings. The van der Waals surface area contributed by atoms with Crippen LogP contribution in [0.2, 0.25) is 0 Å². The fraction of sp³-hybridized carbons (Fsp3) is 0.818. The summed E-state index contributed by atoms with van der Waals surface area (Å²) in [4.78, 5) is 24.5. The molecule has 1 heterocycles. The molecule has 16 heavy (non-hydrogen) atoms. The van der Waals surface area contributed by atoms with E-state index >= 15 is 0 Å². The molecule has 1 saturated heterocycles. The summed E-state index contributed by atoms with van der Waals surface area (Å²) >= 11 is 0. The number of carboxylic acid groups (broad SMARTS) is 1. The van der Waals surface area contributed by atoms with E-state index < -0.39 is 11.9 Å². The molecule has 1 amide bonds. The van der Waals surface area contributed by atoms with E-state index in [0.717, 1.165) is 19.4 Å². The average molecular weight is 227 g/mol. The number of nitrogens with zero attached hydrogens (tertiary/aromatic N) is 1. The summed E-state index contributed by atoms with van der Waals surface area (Å²) in [6, 6.07) is 0.146. The molecule has 2 aliphatic rings. The summed E-state index contributed by atoms with van der Waals surface area (Å²) in [5, 5.41) is 8.79. The molecule has 1 saturated carbocycles. The maximum Gasteiger partial charge on any atom is 0.307 e. The second-order valence-electron chi connectivity index (χ2n) is 4.57. The van der Waals surface area contributed by atoms with Gasteiger partial charge in [-0.15, -0.1) is 0 Å². The molecule has 0 radical (unpaired) electrons. The summed E-state index contributed by atoms with van der Waals surface area (Å²) < 4.78 is 5.07. The van der Waals surface area contributed by atoms with Crippen molar-refractivity contribution >= 4 is 11.9 Å². The number of hydrogen-bond acceptors (Lipinski definition) is 3. The summed E-state index contributed by atoms with van der Waals surface area (Å²) in [6.07, 6.45) is 2.46. The Balaban J connectivity index is 1.92. The van der Waals surface area contributed by atoms with Gasteiger partial charge in [-0.1, -0.05) is 0 Å². The van der Waals surface area contributed by atoms with E-state index in [4.69, 9.17) is 9.84 Å². The molecule has 3 unspecified atom stereocenters. The van der Waals surface area contributed by atoms with Crippen LogP contribution in [0.15, 0.2) is 0 Å². The van der Waals surface area contributed by atoms with E-state index in [0.29, 0.717) is 13.0 Å². The first-order valence-corrected chi connectivity index (χ1v) is 5.67. The Kier molecular flexibility index (Phi) is 3.14. The van der Waals surface area contributed by atoms with E-state index in [-0.39, 0.29) is 17.9 Å². The number of methoxy groups -OCH3 is 1. The minimum absolute atomic E-state index is 0.00644. The lowest BCUT2D eigenvalue weighted by Crippen LogP contribution is -2.39. The quantitative estimate of drug-likeness (QED) is 0.752. The molecule has 2 rings (SSSR count). The maximum absolute atomic E-state index is 12.0. The van der Waals surface area contributed by atoms with Gasteiger partial charge in [0.2, 0.25) is 5.91 Å². The van der Waals surface area contributed by atoms with Crippen molar-refractivity contribution in [1.29, 1.82) is 0 Å². The first-order chi connectivity index (χ1) is 7.65. The minimum atomic E-state index is -0.846. The Bertz CT molecular complexity index is 304. The van der Waals surface area contributed by atoms with Gasteiger partial charge < -0.3 is 14.7 Å². The zero-order chi connectivity index (χ0) is 11.7. The summed E-state index contributed by atoms with van der Waals surface area (Å²) in [6.45, 7) is 1.30. The second kappa shape index (κ2) is 4.41. The van der Waals surface area contributed by atoms with E-state index in [2.05, 4.69) is 0 Å². The van der Waals surface area contributed by atoms with Crippen molar-refractivity contribution in [2.24, 2.45) is 11.8 Å². The van der Waals surface area contributed by atoms with Gasteiger partial charge in [0.05, 0.1) is 24.5 Å². The first kappa shape index (κ1) is 11.4. The average Bonchev–Trinajstić information content (AvgIpc) is 2.92. The van der Waals surface area contributed by atoms with Crippen LogP contribution in [0.3, 0.4) is 0 Å². The third-order valence-electron chi connectivity index (χ3n) is 3.44. The third kappa shape index (κ3) is 2.04. The standard InChI is InChI=1S/C11H17NO4/c1-16-6-7-3-2-4-12(7)10(13)8-5-9(8)11(14)15/h7-9H,2-6H2,1H3,(H,14,15). The number of hydrogen-bond donors (Lipinski definition) is 1. The van der Waals surface area contributed by atoms with Crippen molar-refractivity contribution in [2.75, 3.05) is 20.3 Å². The predicted molar refractivity (Wildman–Crippen MR) is 55.8 cm³/mol. The smallest absolute Gasteiger partial charge is 0.307 e. The number of carbonyl (C=O) groups excluding carboxylic acids is 1. The van der Waals surface area contributed by atoms with Crippen molar-refractivity contribution < 1.29 is 19.4 Å². The lowest BCUT2D eigenvalue weighted by Gasteiger charge is -2.24. The maximum atomic E-state index is 12.0. The zero-order valence-electron chi connectivity index (χ0n) is 9.39. The van der Waals surface area contributed by atoms with Gasteiger partial charge in [0.25, 0.3) is 0 Å². The van der Waals surface area contributed by atoms with Gasteiger partial charge in [-0.3, -0.25) is 9.59 Å². The van der Waals surface area contributed by atoms with Crippen LogP contribution in [0.5, 0.6) is 0 Å². The molecule has 0 spiro atoms. The number of amides is 1. The lowest BCUT2D eigenvalue weighted by atomic mass is 10.2. The molecule has 5 nitrogen and oxygen atoms in total. The van der Waals surface area contributed by atoms with Crippen molar-refractivity contribution in [1.82, 2.24) is 4.90 Å². The second-order valence-corrected chi connectivity index (χ2v) is 4.57. The highest BCUT2D eigenvalue weighted by Gasteiger charge is 2.51. The summed E-state index contributed by atoms with van der Waals surface area (Å²) in [7, 11) is 1.62. The van der Waals surface area contributed by atoms with Crippen LogP contribution in [-0.2, 0) is 14.3 Å². The Labute approximate surface area is 94.4 Å². The van der Waals surface area contributed by atoms with Crippen LogP contribution in [0.1, 0.15) is 19.3 Å². The molecule has 5 heteroatoms. The van der Waals surface area contributed by atoms with Gasteiger partial charge >= 0.3 is 5.97 Å². The number of likely N-dealkylation sites (tertiary alicyclic amines) is 1. The molecule has 1 N–H and O–H groups in total. The highest BCUT2D eigenvalue weighted by Crippen LogP contribution is 2.41. The van der Waals surface area contributed by atoms with Crippen LogP contribution < -0.4 is 0 Å². The molecule has 90 valence electrons. The van der Waals surface area contributed by atoms with Crippen molar-refractivity contribution in [3.05, 3.63) is 0 Å². The van der Waals surface area contributed by atoms with Crippen molar-refractivity contribution in [3.8, 4) is 0 Å². The van der Waals surface area contributed by atoms with Crippen LogP contribution >= 0.6 is 0 Å². The van der Waals surface area contributed by atoms with Crippen molar-refractivity contribution in [2.45, 2.75) is 25.3 Å². The normalized spacial score (nSPS) is 32.8. The van der Waals surface area contributed by atoms with Crippen molar-refractivity contribution in [3.63, 3.8) is 0 Å². The number of carbonyl (C=O) groups is 2. The molecule has 1 aliphatic carbocycles. The van der Waals surface area contributed by atoms with Crippen LogP contribution in [0, 0.1) is 11.8 Å². The number of carboxylic acids is 1. The number of rotatable bonds is 4. The van der Waals surface area contributed by atoms with Gasteiger partial charge in [-0.25, -0.2) is 0 Å². The van der Waals surface area contributed by atoms with E-state index in [1.54, 1.807) is 12.0 Å². The topological polar surface area (TPSA) is 66.8 Å². The summed E-state index contributed by atoms with van der Waals surface area (Å²) in [5.41, 5.74) is 0. The lowest BCUT2D eigenvalue weighted by molar-refractivity contribution is -0.142. The minimum Gasteiger partial charge on any atom is -0.481 e. The zero-order valence-corrected chi connectivity index (χ0v) is 9.39. The third-order valence-corrected chi connectivity index (χ3v) is 3.44. The summed E-state index contributed by atoms with van der Waals surface area (Å²) in [5.74, 6) is -1.57. The molecule has 3 atom stereocenters. The number of ether oxygens (including phenoxy) is 1. The molecular weight excluding hydrogens is 210 g/mol. The van der Waals surface area contributed by atoms with Gasteiger partial charge in [0.1, 0.15) is 0 Å². The van der Waals surface area contributed by atoms with Crippen LogP contribution in [0.4, 0.5) is 0 Å². The van der Waals surface area contributed by atoms with Gasteiger partial charge in [0.15, 0.2) is 0 Å². The monoisotopic (exact) mass is 227 g/mol. The Morgan fingerprint density at radius 3 is 2.75 bits per heavy atom. The largest absolute Gasteiger partial charge is 0.481 e. The molecular formula is C11H17NO4. The number of aliphatic carboxylic acids is 1. The van der Waals surface area contributed by atoms with Gasteiger partial charge in [-0.05, 0) is 19.3 Å². The molecule has 0 aromatic carbocycles. The predicted octanol–water partition coefficient (Wildman–Crippen LogP) is 0.344. The van der Waals surface area contributed by atoms with E-state index in [1.165, 1.54) is 0 Å². The van der Waals surface area contributed by atoms with Gasteiger partial charge in [-0.2, -0.15) is 0 Å². The Hall–Kier alpha value is -1.10. The first-order valence-electron chi connectivity index (χ1n) is 5.67. The SMILES string of the molecule is COCC1CCCN1C(=O)C1CC1C(=O)O. The highest BCUT2D eigenvalue weighted by molar-refractivity contribution is 5.89. The molecule has 0 aromatic heterocycles. The molecule has 2 fully saturated rings. The Morgan fingerprint density at radius 2 is 2.19 bits per heavy atom. The Morgan fingerprint density at radius 1 is 1.44 bits per heavy atom. The fourth-order valence-corrected chi connectivity index (χ4v) is 2.45. The molecule has 1 aliphatic heterocycles. The molecule has 0 bridgehead atoms. The van der Waals surface area contributed by atoms with E-state index in [9.17, 15) is 9.59 Å². The highest BCUT2D eigenvalue weighted by atomic mass is 16.5. The van der Waals surface area contributed by atoms with Crippen LogP contribution in [-0.4, -0.2) is 48.2 Å². The van der Waals surface area contributed by atoms with E-state index in [1.807, 2.05) is 0 Å².